The molecule has 0 radical (unpaired) electrons. The van der Waals surface area contributed by atoms with Crippen LogP contribution in [0.2, 0.25) is 0 Å². The third kappa shape index (κ3) is 3.16. The lowest BCUT2D eigenvalue weighted by Gasteiger charge is -2.19. The molecule has 3 aromatic rings. The van der Waals surface area contributed by atoms with Crippen molar-refractivity contribution in [3.05, 3.63) is 66.2 Å². The Balaban J connectivity index is 1.69. The van der Waals surface area contributed by atoms with E-state index in [9.17, 15) is 8.42 Å². The van der Waals surface area contributed by atoms with Crippen LogP contribution in [-0.4, -0.2) is 24.9 Å². The van der Waals surface area contributed by atoms with Crippen LogP contribution in [0.4, 0.5) is 5.69 Å². The maximum absolute atomic E-state index is 11.6. The van der Waals surface area contributed by atoms with E-state index >= 15 is 0 Å². The molecule has 0 atom stereocenters. The van der Waals surface area contributed by atoms with Crippen molar-refractivity contribution >= 4 is 15.7 Å². The number of aromatic nitrogens is 2. The maximum Gasteiger partial charge on any atom is 0.238 e. The number of imidazole rings is 1. The van der Waals surface area contributed by atoms with Crippen LogP contribution in [0.25, 0.3) is 11.1 Å². The smallest absolute Gasteiger partial charge is 0.238 e. The molecular formula is C18H18N4O2S. The predicted molar refractivity (Wildman–Crippen MR) is 96.6 cm³/mol. The van der Waals surface area contributed by atoms with Gasteiger partial charge in [0.15, 0.2) is 0 Å². The molecule has 25 heavy (non-hydrogen) atoms. The number of fused-ring (bicyclic) bond motifs is 1. The number of aromatic amines is 1. The quantitative estimate of drug-likeness (QED) is 0.752. The van der Waals surface area contributed by atoms with Crippen LogP contribution in [0.15, 0.2) is 59.9 Å². The molecule has 1 aromatic heterocycles. The summed E-state index contributed by atoms with van der Waals surface area (Å²) in [4.78, 5) is 9.69. The van der Waals surface area contributed by atoms with E-state index in [1.54, 1.807) is 18.5 Å². The van der Waals surface area contributed by atoms with Gasteiger partial charge in [-0.05, 0) is 41.3 Å². The number of nitrogens with one attached hydrogen (secondary N) is 1. The Hall–Kier alpha value is -2.64. The molecule has 3 N–H and O–H groups in total. The zero-order valence-electron chi connectivity index (χ0n) is 13.5. The van der Waals surface area contributed by atoms with Crippen LogP contribution < -0.4 is 10.0 Å². The summed E-state index contributed by atoms with van der Waals surface area (Å²) < 4.78 is 23.2. The summed E-state index contributed by atoms with van der Waals surface area (Å²) in [5.41, 5.74) is 5.26. The molecule has 0 saturated carbocycles. The van der Waals surface area contributed by atoms with E-state index < -0.39 is 10.0 Å². The molecule has 128 valence electrons. The molecule has 7 heteroatoms. The average molecular weight is 354 g/mol. The lowest BCUT2D eigenvalue weighted by atomic mass is 10.0. The van der Waals surface area contributed by atoms with Crippen LogP contribution in [0, 0.1) is 0 Å². The molecule has 2 heterocycles. The van der Waals surface area contributed by atoms with E-state index in [0.29, 0.717) is 0 Å². The van der Waals surface area contributed by atoms with Crippen molar-refractivity contribution < 1.29 is 8.42 Å². The van der Waals surface area contributed by atoms with E-state index in [2.05, 4.69) is 27.0 Å². The summed E-state index contributed by atoms with van der Waals surface area (Å²) in [5.74, 6) is 0. The fraction of sp³-hybridized carbons (Fsp3) is 0.167. The van der Waals surface area contributed by atoms with E-state index in [4.69, 9.17) is 5.14 Å². The van der Waals surface area contributed by atoms with Crippen LogP contribution in [0.3, 0.4) is 0 Å². The minimum Gasteiger partial charge on any atom is -0.365 e. The number of rotatable bonds is 4. The highest BCUT2D eigenvalue weighted by Crippen LogP contribution is 2.34. The molecule has 1 aliphatic heterocycles. The third-order valence-electron chi connectivity index (χ3n) is 4.48. The fourth-order valence-electron chi connectivity index (χ4n) is 3.21. The summed E-state index contributed by atoms with van der Waals surface area (Å²) in [6.07, 6.45) is 4.58. The number of sulfonamides is 1. The standard InChI is InChI=1S/C18H18N4O2S/c19-25(23,24)17-3-1-2-14(8-17)15-5-4-13-6-7-22(18(13)9-15)11-16-10-20-12-21-16/h1-5,8-10,12H,6-7,11H2,(H,20,21)(H2,19,23,24). The number of H-pyrrole nitrogens is 1. The van der Waals surface area contributed by atoms with Crippen molar-refractivity contribution in [2.75, 3.05) is 11.4 Å². The molecule has 0 spiro atoms. The number of anilines is 1. The van der Waals surface area contributed by atoms with Gasteiger partial charge in [-0.15, -0.1) is 0 Å². The zero-order chi connectivity index (χ0) is 17.4. The lowest BCUT2D eigenvalue weighted by molar-refractivity contribution is 0.598. The van der Waals surface area contributed by atoms with Gasteiger partial charge in [0.05, 0.1) is 23.5 Å². The van der Waals surface area contributed by atoms with Crippen LogP contribution in [0.5, 0.6) is 0 Å². The molecule has 6 nitrogen and oxygen atoms in total. The summed E-state index contributed by atoms with van der Waals surface area (Å²) >= 11 is 0. The Bertz CT molecular complexity index is 1010. The van der Waals surface area contributed by atoms with Gasteiger partial charge in [-0.1, -0.05) is 24.3 Å². The Kier molecular flexibility index (Phi) is 3.82. The number of hydrogen-bond acceptors (Lipinski definition) is 4. The highest BCUT2D eigenvalue weighted by Gasteiger charge is 2.20. The van der Waals surface area contributed by atoms with Gasteiger partial charge in [0.25, 0.3) is 0 Å². The molecule has 0 bridgehead atoms. The molecule has 2 aromatic carbocycles. The summed E-state index contributed by atoms with van der Waals surface area (Å²) in [6, 6.07) is 13.0. The molecule has 0 aliphatic carbocycles. The Morgan fingerprint density at radius 1 is 1.16 bits per heavy atom. The van der Waals surface area contributed by atoms with Gasteiger partial charge in [-0.25, -0.2) is 18.5 Å². The summed E-state index contributed by atoms with van der Waals surface area (Å²) in [5, 5.41) is 5.25. The fourth-order valence-corrected chi connectivity index (χ4v) is 3.77. The highest BCUT2D eigenvalue weighted by atomic mass is 32.2. The van der Waals surface area contributed by atoms with Crippen LogP contribution in [-0.2, 0) is 23.0 Å². The second-order valence-corrected chi connectivity index (χ2v) is 7.71. The van der Waals surface area contributed by atoms with Gasteiger partial charge in [-0.2, -0.15) is 0 Å². The minimum absolute atomic E-state index is 0.124. The number of nitrogens with two attached hydrogens (primary N) is 1. The molecular weight excluding hydrogens is 336 g/mol. The van der Waals surface area contributed by atoms with Crippen molar-refractivity contribution in [1.29, 1.82) is 0 Å². The molecule has 0 unspecified atom stereocenters. The molecule has 0 amide bonds. The van der Waals surface area contributed by atoms with E-state index in [-0.39, 0.29) is 4.90 Å². The second kappa shape index (κ2) is 6.02. The maximum atomic E-state index is 11.6. The SMILES string of the molecule is NS(=O)(=O)c1cccc(-c2ccc3c(c2)N(Cc2c[nH]cn2)CC3)c1. The number of benzene rings is 2. The van der Waals surface area contributed by atoms with Gasteiger partial charge in [0, 0.05) is 18.4 Å². The minimum atomic E-state index is -3.71. The molecule has 1 aliphatic rings. The first-order valence-corrected chi connectivity index (χ1v) is 9.54. The normalized spacial score (nSPS) is 13.9. The summed E-state index contributed by atoms with van der Waals surface area (Å²) in [6.45, 7) is 1.69. The van der Waals surface area contributed by atoms with Gasteiger partial charge in [0.2, 0.25) is 10.0 Å². The third-order valence-corrected chi connectivity index (χ3v) is 5.39. The summed E-state index contributed by atoms with van der Waals surface area (Å²) in [7, 11) is -3.71. The Morgan fingerprint density at radius 2 is 2.00 bits per heavy atom. The molecule has 4 rings (SSSR count). The highest BCUT2D eigenvalue weighted by molar-refractivity contribution is 7.89. The molecule has 0 fully saturated rings. The zero-order valence-corrected chi connectivity index (χ0v) is 14.3. The second-order valence-electron chi connectivity index (χ2n) is 6.15. The van der Waals surface area contributed by atoms with E-state index in [0.717, 1.165) is 36.3 Å². The van der Waals surface area contributed by atoms with Crippen LogP contribution >= 0.6 is 0 Å². The average Bonchev–Trinajstić information content (AvgIpc) is 3.24. The number of nitrogens with zero attached hydrogens (tertiary/aromatic N) is 2. The van der Waals surface area contributed by atoms with Crippen molar-refractivity contribution in [2.24, 2.45) is 5.14 Å². The number of hydrogen-bond donors (Lipinski definition) is 2. The Morgan fingerprint density at radius 3 is 2.76 bits per heavy atom. The topological polar surface area (TPSA) is 92.1 Å². The van der Waals surface area contributed by atoms with Crippen molar-refractivity contribution in [3.63, 3.8) is 0 Å². The Labute approximate surface area is 146 Å². The predicted octanol–water partition coefficient (Wildman–Crippen LogP) is 2.29. The number of primary sulfonamides is 1. The van der Waals surface area contributed by atoms with Gasteiger partial charge >= 0.3 is 0 Å². The van der Waals surface area contributed by atoms with Crippen molar-refractivity contribution in [2.45, 2.75) is 17.9 Å². The van der Waals surface area contributed by atoms with Gasteiger partial charge < -0.3 is 9.88 Å². The monoisotopic (exact) mass is 354 g/mol. The van der Waals surface area contributed by atoms with Crippen molar-refractivity contribution in [1.82, 2.24) is 9.97 Å². The van der Waals surface area contributed by atoms with Gasteiger partial charge in [-0.3, -0.25) is 0 Å². The van der Waals surface area contributed by atoms with E-state index in [1.807, 2.05) is 18.3 Å². The lowest BCUT2D eigenvalue weighted by Crippen LogP contribution is -2.19. The van der Waals surface area contributed by atoms with E-state index in [1.165, 1.54) is 17.3 Å². The first kappa shape index (κ1) is 15.9. The largest absolute Gasteiger partial charge is 0.365 e. The molecule has 0 saturated heterocycles. The first-order chi connectivity index (χ1) is 12.0. The first-order valence-electron chi connectivity index (χ1n) is 7.99. The van der Waals surface area contributed by atoms with Gasteiger partial charge in [0.1, 0.15) is 0 Å². The van der Waals surface area contributed by atoms with Crippen molar-refractivity contribution in [3.8, 4) is 11.1 Å². The van der Waals surface area contributed by atoms with Crippen LogP contribution in [0.1, 0.15) is 11.3 Å².